The van der Waals surface area contributed by atoms with Gasteiger partial charge in [0.15, 0.2) is 5.58 Å². The minimum absolute atomic E-state index is 0.0932. The van der Waals surface area contributed by atoms with Crippen LogP contribution in [0, 0.1) is 30.1 Å². The summed E-state index contributed by atoms with van der Waals surface area (Å²) < 4.78 is 8.67. The molecule has 4 aliphatic carbocycles. The molecule has 7 nitrogen and oxygen atoms in total. The van der Waals surface area contributed by atoms with E-state index in [4.69, 9.17) is 4.42 Å². The number of carbonyl (C=O) groups excluding carboxylic acids is 1. The summed E-state index contributed by atoms with van der Waals surface area (Å²) in [4.78, 5) is 26.8. The van der Waals surface area contributed by atoms with E-state index in [1.807, 2.05) is 19.9 Å². The highest BCUT2D eigenvalue weighted by Crippen LogP contribution is 2.61. The van der Waals surface area contributed by atoms with Gasteiger partial charge in [0.05, 0.1) is 11.8 Å². The second-order valence-electron chi connectivity index (χ2n) is 10.8. The summed E-state index contributed by atoms with van der Waals surface area (Å²) in [5.41, 5.74) is 1.94. The average Bonchev–Trinajstić information content (AvgIpc) is 3.32. The summed E-state index contributed by atoms with van der Waals surface area (Å²) in [5, 5.41) is 7.90. The van der Waals surface area contributed by atoms with E-state index >= 15 is 0 Å². The lowest BCUT2D eigenvalue weighted by atomic mass is 9.48. The summed E-state index contributed by atoms with van der Waals surface area (Å²) in [6.45, 7) is 5.99. The van der Waals surface area contributed by atoms with E-state index in [2.05, 4.69) is 17.3 Å². The molecule has 2 unspecified atom stereocenters. The zero-order valence-corrected chi connectivity index (χ0v) is 19.1. The fraction of sp³-hybridized carbons (Fsp3) is 0.640. The van der Waals surface area contributed by atoms with Crippen molar-refractivity contribution in [3.63, 3.8) is 0 Å². The van der Waals surface area contributed by atoms with Crippen molar-refractivity contribution in [2.75, 3.05) is 0 Å². The highest BCUT2D eigenvalue weighted by molar-refractivity contribution is 5.83. The number of furan rings is 1. The van der Waals surface area contributed by atoms with Gasteiger partial charge >= 0.3 is 0 Å². The molecule has 32 heavy (non-hydrogen) atoms. The van der Waals surface area contributed by atoms with Crippen LogP contribution in [0.15, 0.2) is 27.6 Å². The molecule has 3 aromatic heterocycles. The van der Waals surface area contributed by atoms with Crippen molar-refractivity contribution >= 4 is 22.5 Å². The Hall–Kier alpha value is -2.57. The molecule has 1 amide bonds. The smallest absolute Gasteiger partial charge is 0.291 e. The van der Waals surface area contributed by atoms with E-state index in [0.717, 1.165) is 23.3 Å². The van der Waals surface area contributed by atoms with Gasteiger partial charge < -0.3 is 9.73 Å². The van der Waals surface area contributed by atoms with E-state index in [1.54, 1.807) is 16.7 Å². The average molecular weight is 437 g/mol. The highest BCUT2D eigenvalue weighted by Gasteiger charge is 2.53. The Labute approximate surface area is 187 Å². The minimum Gasteiger partial charge on any atom is -0.463 e. The van der Waals surface area contributed by atoms with E-state index in [-0.39, 0.29) is 22.9 Å². The first-order valence-electron chi connectivity index (χ1n) is 12.2. The lowest BCUT2D eigenvalue weighted by Gasteiger charge is -2.59. The molecular weight excluding hydrogens is 404 g/mol. The van der Waals surface area contributed by atoms with Crippen molar-refractivity contribution in [3.05, 3.63) is 34.6 Å². The summed E-state index contributed by atoms with van der Waals surface area (Å²) in [5.74, 6) is 3.08. The predicted octanol–water partition coefficient (Wildman–Crippen LogP) is 4.22. The molecule has 0 aromatic carbocycles. The molecular formula is C25H32N4O3. The zero-order chi connectivity index (χ0) is 22.2. The first-order chi connectivity index (χ1) is 15.4. The molecule has 7 rings (SSSR count). The minimum atomic E-state index is -0.622. The van der Waals surface area contributed by atoms with Gasteiger partial charge in [-0.3, -0.25) is 14.0 Å². The van der Waals surface area contributed by atoms with Crippen molar-refractivity contribution in [1.29, 1.82) is 0 Å². The van der Waals surface area contributed by atoms with Crippen molar-refractivity contribution in [2.45, 2.75) is 77.8 Å². The number of nitrogens with one attached hydrogen (secondary N) is 1. The first-order valence-corrected chi connectivity index (χ1v) is 12.2. The number of amides is 1. The fourth-order valence-electron chi connectivity index (χ4n) is 7.65. The largest absolute Gasteiger partial charge is 0.463 e. The van der Waals surface area contributed by atoms with Gasteiger partial charge in [-0.25, -0.2) is 4.68 Å². The Morgan fingerprint density at radius 1 is 1.22 bits per heavy atom. The Bertz CT molecular complexity index is 1230. The summed E-state index contributed by atoms with van der Waals surface area (Å²) in [6, 6.07) is 3.07. The molecule has 0 aliphatic heterocycles. The van der Waals surface area contributed by atoms with Gasteiger partial charge in [0.25, 0.3) is 5.56 Å². The number of hydrogen-bond donors (Lipinski definition) is 1. The van der Waals surface area contributed by atoms with Gasteiger partial charge in [0.2, 0.25) is 5.91 Å². The van der Waals surface area contributed by atoms with Crippen molar-refractivity contribution < 1.29 is 9.21 Å². The fourth-order valence-corrected chi connectivity index (χ4v) is 7.65. The van der Waals surface area contributed by atoms with Crippen LogP contribution in [0.3, 0.4) is 0 Å². The number of rotatable bonds is 5. The topological polar surface area (TPSA) is 81.5 Å². The molecule has 0 saturated heterocycles. The number of hydrogen-bond acceptors (Lipinski definition) is 4. The third kappa shape index (κ3) is 2.82. The first kappa shape index (κ1) is 20.1. The van der Waals surface area contributed by atoms with Crippen LogP contribution in [0.25, 0.3) is 16.6 Å². The standard InChI is InChI=1S/C25H32N4O3/c1-4-19(29-24(31)21-10-22-20(5-6-32-22)28(21)15(3)27-29)23(30)26-14(2)25-11-16-7-17(12-25)9-18(8-16)13-25/h5-6,10,14,16-19H,4,7-9,11-13H2,1-3H3,(H,26,30). The van der Waals surface area contributed by atoms with E-state index in [0.29, 0.717) is 23.3 Å². The van der Waals surface area contributed by atoms with Gasteiger partial charge in [0.1, 0.15) is 17.4 Å². The lowest BCUT2D eigenvalue weighted by Crippen LogP contribution is -2.56. The van der Waals surface area contributed by atoms with Crippen LogP contribution in [0.1, 0.15) is 70.7 Å². The molecule has 3 aromatic rings. The van der Waals surface area contributed by atoms with Gasteiger partial charge in [-0.2, -0.15) is 5.10 Å². The number of aryl methyl sites for hydroxylation is 1. The lowest BCUT2D eigenvalue weighted by molar-refractivity contribution is -0.129. The highest BCUT2D eigenvalue weighted by atomic mass is 16.3. The van der Waals surface area contributed by atoms with Crippen LogP contribution < -0.4 is 10.9 Å². The Kier molecular flexibility index (Phi) is 4.37. The second kappa shape index (κ2) is 6.96. The molecule has 4 saturated carbocycles. The molecule has 4 fully saturated rings. The molecule has 3 heterocycles. The Morgan fingerprint density at radius 2 is 1.88 bits per heavy atom. The molecule has 0 spiro atoms. The predicted molar refractivity (Wildman–Crippen MR) is 121 cm³/mol. The number of fused-ring (bicyclic) bond motifs is 3. The molecule has 170 valence electrons. The monoisotopic (exact) mass is 436 g/mol. The summed E-state index contributed by atoms with van der Waals surface area (Å²) in [6.07, 6.45) is 10.00. The maximum Gasteiger partial charge on any atom is 0.291 e. The third-order valence-electron chi connectivity index (χ3n) is 8.77. The van der Waals surface area contributed by atoms with E-state index in [9.17, 15) is 9.59 Å². The van der Waals surface area contributed by atoms with Crippen molar-refractivity contribution in [2.24, 2.45) is 23.2 Å². The molecule has 4 aliphatic rings. The zero-order valence-electron chi connectivity index (χ0n) is 19.1. The number of aromatic nitrogens is 3. The van der Waals surface area contributed by atoms with Crippen LogP contribution in [0.2, 0.25) is 0 Å². The van der Waals surface area contributed by atoms with Gasteiger partial charge in [0, 0.05) is 18.2 Å². The molecule has 4 bridgehead atoms. The van der Waals surface area contributed by atoms with Crippen LogP contribution in [0.4, 0.5) is 0 Å². The SMILES string of the molecule is CCC(C(=O)NC(C)C12CC3CC(CC(C3)C1)C2)n1nc(C)n2c(cc3occc32)c1=O. The Balaban J connectivity index is 1.30. The van der Waals surface area contributed by atoms with Gasteiger partial charge in [-0.05, 0) is 82.0 Å². The maximum absolute atomic E-state index is 13.5. The van der Waals surface area contributed by atoms with Crippen LogP contribution in [-0.2, 0) is 4.79 Å². The van der Waals surface area contributed by atoms with Crippen LogP contribution >= 0.6 is 0 Å². The second-order valence-corrected chi connectivity index (χ2v) is 10.8. The van der Waals surface area contributed by atoms with Crippen molar-refractivity contribution in [1.82, 2.24) is 19.5 Å². The summed E-state index contributed by atoms with van der Waals surface area (Å²) >= 11 is 0. The van der Waals surface area contributed by atoms with Crippen molar-refractivity contribution in [3.8, 4) is 0 Å². The quantitative estimate of drug-likeness (QED) is 0.649. The third-order valence-corrected chi connectivity index (χ3v) is 8.77. The molecule has 7 heteroatoms. The summed E-state index contributed by atoms with van der Waals surface area (Å²) in [7, 11) is 0. The normalized spacial score (nSPS) is 30.8. The van der Waals surface area contributed by atoms with Gasteiger partial charge in [-0.15, -0.1) is 0 Å². The van der Waals surface area contributed by atoms with E-state index in [1.165, 1.54) is 43.2 Å². The van der Waals surface area contributed by atoms with Crippen LogP contribution in [-0.4, -0.2) is 26.1 Å². The number of nitrogens with zero attached hydrogens (tertiary/aromatic N) is 3. The molecule has 2 atom stereocenters. The Morgan fingerprint density at radius 3 is 2.50 bits per heavy atom. The maximum atomic E-state index is 13.5. The van der Waals surface area contributed by atoms with Crippen LogP contribution in [0.5, 0.6) is 0 Å². The molecule has 1 N–H and O–H groups in total. The van der Waals surface area contributed by atoms with Gasteiger partial charge in [-0.1, -0.05) is 6.92 Å². The van der Waals surface area contributed by atoms with E-state index < -0.39 is 6.04 Å². The number of carbonyl (C=O) groups is 1. The molecule has 0 radical (unpaired) electrons.